The Bertz CT molecular complexity index is 384. The van der Waals surface area contributed by atoms with E-state index < -0.39 is 0 Å². The minimum Gasteiger partial charge on any atom is -0.454 e. The van der Waals surface area contributed by atoms with Gasteiger partial charge in [0.2, 0.25) is 6.79 Å². The van der Waals surface area contributed by atoms with E-state index in [1.54, 1.807) is 0 Å². The molecule has 94 valence electrons. The standard InChI is InChI=1S/C12H16BrNO3/c13-10-6-12-11(16-8-17-12)5-9(10)7-14-3-1-2-4-15/h5-6,14-15H,1-4,7-8H2. The van der Waals surface area contributed by atoms with Gasteiger partial charge in [-0.25, -0.2) is 0 Å². The molecule has 0 spiro atoms. The van der Waals surface area contributed by atoms with Gasteiger partial charge in [-0.3, -0.25) is 0 Å². The fourth-order valence-electron chi connectivity index (χ4n) is 1.68. The third kappa shape index (κ3) is 3.34. The van der Waals surface area contributed by atoms with Gasteiger partial charge >= 0.3 is 0 Å². The van der Waals surface area contributed by atoms with Gasteiger partial charge in [0.15, 0.2) is 11.5 Å². The van der Waals surface area contributed by atoms with Crippen LogP contribution in [0.1, 0.15) is 18.4 Å². The van der Waals surface area contributed by atoms with E-state index in [1.165, 1.54) is 0 Å². The van der Waals surface area contributed by atoms with Crippen molar-refractivity contribution >= 4 is 15.9 Å². The first-order valence-electron chi connectivity index (χ1n) is 5.71. The van der Waals surface area contributed by atoms with Crippen molar-refractivity contribution in [1.82, 2.24) is 5.32 Å². The second-order valence-electron chi connectivity index (χ2n) is 3.90. The highest BCUT2D eigenvalue weighted by molar-refractivity contribution is 9.10. The second kappa shape index (κ2) is 6.23. The zero-order valence-corrected chi connectivity index (χ0v) is 11.1. The summed E-state index contributed by atoms with van der Waals surface area (Å²) in [6, 6.07) is 3.93. The van der Waals surface area contributed by atoms with Crippen molar-refractivity contribution in [2.24, 2.45) is 0 Å². The average molecular weight is 302 g/mol. The summed E-state index contributed by atoms with van der Waals surface area (Å²) in [5, 5.41) is 12.0. The summed E-state index contributed by atoms with van der Waals surface area (Å²) < 4.78 is 11.7. The highest BCUT2D eigenvalue weighted by Gasteiger charge is 2.15. The molecular formula is C12H16BrNO3. The van der Waals surface area contributed by atoms with Crippen LogP contribution in [0.5, 0.6) is 11.5 Å². The maximum absolute atomic E-state index is 8.67. The number of rotatable bonds is 6. The first-order chi connectivity index (χ1) is 8.31. The molecule has 0 aliphatic carbocycles. The molecule has 5 heteroatoms. The SMILES string of the molecule is OCCCCNCc1cc2c(cc1Br)OCO2. The number of halogens is 1. The Morgan fingerprint density at radius 2 is 2.00 bits per heavy atom. The zero-order chi connectivity index (χ0) is 12.1. The van der Waals surface area contributed by atoms with E-state index in [1.807, 2.05) is 12.1 Å². The highest BCUT2D eigenvalue weighted by Crippen LogP contribution is 2.36. The van der Waals surface area contributed by atoms with Crippen LogP contribution in [0.4, 0.5) is 0 Å². The number of hydrogen-bond acceptors (Lipinski definition) is 4. The average Bonchev–Trinajstić information content (AvgIpc) is 2.76. The van der Waals surface area contributed by atoms with E-state index in [0.717, 1.165) is 47.5 Å². The van der Waals surface area contributed by atoms with Gasteiger partial charge in [-0.1, -0.05) is 15.9 Å². The van der Waals surface area contributed by atoms with Gasteiger partial charge in [0.1, 0.15) is 0 Å². The topological polar surface area (TPSA) is 50.7 Å². The van der Waals surface area contributed by atoms with Crippen LogP contribution < -0.4 is 14.8 Å². The summed E-state index contributed by atoms with van der Waals surface area (Å²) in [5.74, 6) is 1.60. The molecule has 1 aliphatic heterocycles. The predicted octanol–water partition coefficient (Wildman–Crippen LogP) is 2.04. The third-order valence-corrected chi connectivity index (χ3v) is 3.36. The normalized spacial score (nSPS) is 13.1. The molecule has 1 aliphatic rings. The van der Waals surface area contributed by atoms with Crippen LogP contribution in [0, 0.1) is 0 Å². The van der Waals surface area contributed by atoms with E-state index >= 15 is 0 Å². The number of nitrogens with one attached hydrogen (secondary N) is 1. The lowest BCUT2D eigenvalue weighted by Crippen LogP contribution is -2.15. The van der Waals surface area contributed by atoms with Crippen LogP contribution in [0.15, 0.2) is 16.6 Å². The van der Waals surface area contributed by atoms with Gasteiger partial charge in [0, 0.05) is 17.6 Å². The van der Waals surface area contributed by atoms with Gasteiger partial charge in [0.05, 0.1) is 0 Å². The lowest BCUT2D eigenvalue weighted by atomic mass is 10.2. The summed E-state index contributed by atoms with van der Waals surface area (Å²) in [4.78, 5) is 0. The van der Waals surface area contributed by atoms with Gasteiger partial charge < -0.3 is 19.9 Å². The van der Waals surface area contributed by atoms with E-state index in [-0.39, 0.29) is 6.61 Å². The fraction of sp³-hybridized carbons (Fsp3) is 0.500. The first kappa shape index (κ1) is 12.7. The molecular weight excluding hydrogens is 286 g/mol. The number of ether oxygens (including phenoxy) is 2. The Morgan fingerprint density at radius 1 is 1.24 bits per heavy atom. The quantitative estimate of drug-likeness (QED) is 0.790. The monoisotopic (exact) mass is 301 g/mol. The van der Waals surface area contributed by atoms with E-state index in [4.69, 9.17) is 14.6 Å². The van der Waals surface area contributed by atoms with Gasteiger partial charge in [-0.15, -0.1) is 0 Å². The molecule has 0 amide bonds. The van der Waals surface area contributed by atoms with Crippen molar-refractivity contribution in [3.8, 4) is 11.5 Å². The van der Waals surface area contributed by atoms with Gasteiger partial charge in [-0.05, 0) is 37.1 Å². The molecule has 0 fully saturated rings. The predicted molar refractivity (Wildman–Crippen MR) is 68.3 cm³/mol. The number of unbranched alkanes of at least 4 members (excludes halogenated alkanes) is 1. The number of aliphatic hydroxyl groups excluding tert-OH is 1. The Kier molecular flexibility index (Phi) is 4.65. The maximum Gasteiger partial charge on any atom is 0.231 e. The Balaban J connectivity index is 1.88. The van der Waals surface area contributed by atoms with Crippen molar-refractivity contribution in [2.45, 2.75) is 19.4 Å². The van der Waals surface area contributed by atoms with Crippen LogP contribution in [0.3, 0.4) is 0 Å². The van der Waals surface area contributed by atoms with Crippen molar-refractivity contribution in [1.29, 1.82) is 0 Å². The maximum atomic E-state index is 8.67. The number of aliphatic hydroxyl groups is 1. The molecule has 0 unspecified atom stereocenters. The van der Waals surface area contributed by atoms with Crippen LogP contribution >= 0.6 is 15.9 Å². The largest absolute Gasteiger partial charge is 0.454 e. The summed E-state index contributed by atoms with van der Waals surface area (Å²) in [6.07, 6.45) is 1.83. The Hall–Kier alpha value is -0.780. The first-order valence-corrected chi connectivity index (χ1v) is 6.50. The molecule has 0 bridgehead atoms. The third-order valence-electron chi connectivity index (χ3n) is 2.62. The number of hydrogen-bond donors (Lipinski definition) is 2. The summed E-state index contributed by atoms with van der Waals surface area (Å²) >= 11 is 3.52. The summed E-state index contributed by atoms with van der Waals surface area (Å²) in [7, 11) is 0. The number of fused-ring (bicyclic) bond motifs is 1. The molecule has 0 radical (unpaired) electrons. The number of benzene rings is 1. The van der Waals surface area contributed by atoms with Gasteiger partial charge in [-0.2, -0.15) is 0 Å². The van der Waals surface area contributed by atoms with Crippen molar-refractivity contribution < 1.29 is 14.6 Å². The minimum absolute atomic E-state index is 0.259. The van der Waals surface area contributed by atoms with Crippen LogP contribution in [-0.2, 0) is 6.54 Å². The summed E-state index contributed by atoms with van der Waals surface area (Å²) in [5.41, 5.74) is 1.15. The van der Waals surface area contributed by atoms with Crippen LogP contribution in [0.25, 0.3) is 0 Å². The molecule has 0 saturated heterocycles. The lowest BCUT2D eigenvalue weighted by molar-refractivity contribution is 0.174. The van der Waals surface area contributed by atoms with E-state index in [9.17, 15) is 0 Å². The van der Waals surface area contributed by atoms with E-state index in [2.05, 4.69) is 21.2 Å². The molecule has 17 heavy (non-hydrogen) atoms. The molecule has 1 heterocycles. The lowest BCUT2D eigenvalue weighted by Gasteiger charge is -2.08. The summed E-state index contributed by atoms with van der Waals surface area (Å²) in [6.45, 7) is 2.24. The van der Waals surface area contributed by atoms with Crippen LogP contribution in [0.2, 0.25) is 0 Å². The van der Waals surface area contributed by atoms with Crippen molar-refractivity contribution in [3.63, 3.8) is 0 Å². The minimum atomic E-state index is 0.259. The fourth-order valence-corrected chi connectivity index (χ4v) is 2.14. The Morgan fingerprint density at radius 3 is 2.76 bits per heavy atom. The molecule has 2 N–H and O–H groups in total. The molecule has 1 aromatic rings. The molecule has 0 atom stereocenters. The van der Waals surface area contributed by atoms with Crippen molar-refractivity contribution in [2.75, 3.05) is 19.9 Å². The molecule has 1 aromatic carbocycles. The smallest absolute Gasteiger partial charge is 0.231 e. The van der Waals surface area contributed by atoms with Gasteiger partial charge in [0.25, 0.3) is 0 Å². The molecule has 0 saturated carbocycles. The second-order valence-corrected chi connectivity index (χ2v) is 4.76. The van der Waals surface area contributed by atoms with E-state index in [0.29, 0.717) is 6.79 Å². The molecule has 2 rings (SSSR count). The molecule has 4 nitrogen and oxygen atoms in total. The zero-order valence-electron chi connectivity index (χ0n) is 9.54. The Labute approximate surface area is 109 Å². The molecule has 0 aromatic heterocycles. The van der Waals surface area contributed by atoms with Crippen LogP contribution in [-0.4, -0.2) is 25.1 Å². The highest BCUT2D eigenvalue weighted by atomic mass is 79.9. The van der Waals surface area contributed by atoms with Crippen molar-refractivity contribution in [3.05, 3.63) is 22.2 Å².